The lowest BCUT2D eigenvalue weighted by molar-refractivity contribution is 0.0557. The summed E-state index contributed by atoms with van der Waals surface area (Å²) < 4.78 is 21.2. The van der Waals surface area contributed by atoms with Gasteiger partial charge in [0.25, 0.3) is 0 Å². The molecule has 0 aliphatic carbocycles. The summed E-state index contributed by atoms with van der Waals surface area (Å²) >= 11 is 0. The Morgan fingerprint density at radius 3 is 2.32 bits per heavy atom. The van der Waals surface area contributed by atoms with Crippen LogP contribution >= 0.6 is 0 Å². The van der Waals surface area contributed by atoms with Crippen LogP contribution in [0.25, 0.3) is 22.2 Å². The van der Waals surface area contributed by atoms with Gasteiger partial charge in [-0.3, -0.25) is 0 Å². The van der Waals surface area contributed by atoms with Crippen molar-refractivity contribution < 1.29 is 23.7 Å². The van der Waals surface area contributed by atoms with Crippen molar-refractivity contribution in [2.24, 2.45) is 0 Å². The van der Waals surface area contributed by atoms with Crippen LogP contribution in [0.4, 0.5) is 0 Å². The first kappa shape index (κ1) is 19.0. The Labute approximate surface area is 162 Å². The lowest BCUT2D eigenvalue weighted by atomic mass is 10.0. The predicted molar refractivity (Wildman–Crippen MR) is 103 cm³/mol. The summed E-state index contributed by atoms with van der Waals surface area (Å²) in [6.07, 6.45) is 0. The van der Waals surface area contributed by atoms with Crippen molar-refractivity contribution in [1.29, 1.82) is 5.26 Å². The fourth-order valence-corrected chi connectivity index (χ4v) is 2.90. The van der Waals surface area contributed by atoms with E-state index in [-0.39, 0.29) is 6.61 Å². The smallest absolute Gasteiger partial charge is 0.339 e. The molecule has 0 spiro atoms. The average Bonchev–Trinajstić information content (AvgIpc) is 2.75. The van der Waals surface area contributed by atoms with E-state index in [4.69, 9.17) is 24.2 Å². The molecule has 142 valence electrons. The van der Waals surface area contributed by atoms with Crippen molar-refractivity contribution in [1.82, 2.24) is 4.98 Å². The van der Waals surface area contributed by atoms with Gasteiger partial charge in [-0.1, -0.05) is 18.2 Å². The van der Waals surface area contributed by atoms with Crippen LogP contribution < -0.4 is 14.2 Å². The molecule has 3 aromatic rings. The van der Waals surface area contributed by atoms with Crippen LogP contribution in [0.1, 0.15) is 10.4 Å². The van der Waals surface area contributed by atoms with Crippen molar-refractivity contribution in [3.05, 3.63) is 48.0 Å². The van der Waals surface area contributed by atoms with Crippen molar-refractivity contribution in [2.75, 3.05) is 27.9 Å². The van der Waals surface area contributed by atoms with Gasteiger partial charge in [-0.25, -0.2) is 9.78 Å². The number of methoxy groups -OCH3 is 3. The van der Waals surface area contributed by atoms with Crippen LogP contribution in [-0.2, 0) is 4.74 Å². The van der Waals surface area contributed by atoms with E-state index in [9.17, 15) is 4.79 Å². The maximum absolute atomic E-state index is 12.5. The molecule has 0 saturated heterocycles. The van der Waals surface area contributed by atoms with Crippen molar-refractivity contribution >= 4 is 16.9 Å². The average molecular weight is 378 g/mol. The maximum Gasteiger partial charge on any atom is 0.339 e. The molecular weight excluding hydrogens is 360 g/mol. The SMILES string of the molecule is COc1cc(-c2cc(C(=O)OCC#N)c3ccccc3n2)cc(OC)c1OC. The molecule has 0 saturated carbocycles. The molecule has 0 radical (unpaired) electrons. The maximum atomic E-state index is 12.5. The number of rotatable bonds is 6. The summed E-state index contributed by atoms with van der Waals surface area (Å²) in [5.41, 5.74) is 2.15. The monoisotopic (exact) mass is 378 g/mol. The van der Waals surface area contributed by atoms with Gasteiger partial charge in [-0.05, 0) is 24.3 Å². The summed E-state index contributed by atoms with van der Waals surface area (Å²) in [7, 11) is 4.58. The Balaban J connectivity index is 2.21. The van der Waals surface area contributed by atoms with Crippen LogP contribution in [0.2, 0.25) is 0 Å². The summed E-state index contributed by atoms with van der Waals surface area (Å²) in [6, 6.07) is 14.2. The number of hydrogen-bond acceptors (Lipinski definition) is 7. The molecule has 28 heavy (non-hydrogen) atoms. The number of nitrogens with zero attached hydrogens (tertiary/aromatic N) is 2. The minimum atomic E-state index is -0.589. The van der Waals surface area contributed by atoms with Crippen molar-refractivity contribution in [3.63, 3.8) is 0 Å². The number of para-hydroxylation sites is 1. The Morgan fingerprint density at radius 2 is 1.71 bits per heavy atom. The van der Waals surface area contributed by atoms with E-state index in [1.54, 1.807) is 36.4 Å². The van der Waals surface area contributed by atoms with Gasteiger partial charge in [-0.2, -0.15) is 5.26 Å². The molecule has 0 amide bonds. The number of carbonyl (C=O) groups is 1. The van der Waals surface area contributed by atoms with Crippen LogP contribution in [0.3, 0.4) is 0 Å². The Kier molecular flexibility index (Phi) is 5.61. The second kappa shape index (κ2) is 8.27. The number of esters is 1. The zero-order valence-electron chi connectivity index (χ0n) is 15.7. The highest BCUT2D eigenvalue weighted by atomic mass is 16.5. The summed E-state index contributed by atoms with van der Waals surface area (Å²) in [5.74, 6) is 0.817. The zero-order chi connectivity index (χ0) is 20.1. The van der Waals surface area contributed by atoms with E-state index >= 15 is 0 Å². The Hall–Kier alpha value is -3.79. The fourth-order valence-electron chi connectivity index (χ4n) is 2.90. The standard InChI is InChI=1S/C21H18N2O5/c1-25-18-10-13(11-19(26-2)20(18)27-3)17-12-15(21(24)28-9-8-22)14-6-4-5-7-16(14)23-17/h4-7,10-12H,9H2,1-3H3. The third-order valence-corrected chi connectivity index (χ3v) is 4.16. The molecule has 0 N–H and O–H groups in total. The van der Waals surface area contributed by atoms with Crippen molar-refractivity contribution in [2.45, 2.75) is 0 Å². The van der Waals surface area contributed by atoms with Gasteiger partial charge in [0, 0.05) is 10.9 Å². The lowest BCUT2D eigenvalue weighted by Crippen LogP contribution is -2.07. The van der Waals surface area contributed by atoms with Gasteiger partial charge in [0.1, 0.15) is 6.07 Å². The van der Waals surface area contributed by atoms with Gasteiger partial charge in [0.05, 0.1) is 38.1 Å². The molecule has 7 nitrogen and oxygen atoms in total. The number of nitriles is 1. The topological polar surface area (TPSA) is 90.7 Å². The number of fused-ring (bicyclic) bond motifs is 1. The van der Waals surface area contributed by atoms with Crippen LogP contribution in [-0.4, -0.2) is 38.9 Å². The molecule has 0 fully saturated rings. The largest absolute Gasteiger partial charge is 0.493 e. The molecule has 0 atom stereocenters. The van der Waals surface area contributed by atoms with Gasteiger partial charge >= 0.3 is 5.97 Å². The van der Waals surface area contributed by atoms with E-state index in [0.717, 1.165) is 0 Å². The summed E-state index contributed by atoms with van der Waals surface area (Å²) in [6.45, 7) is -0.324. The highest BCUT2D eigenvalue weighted by molar-refractivity contribution is 6.04. The van der Waals surface area contributed by atoms with E-state index in [0.29, 0.717) is 45.0 Å². The van der Waals surface area contributed by atoms with Gasteiger partial charge < -0.3 is 18.9 Å². The number of aromatic nitrogens is 1. The van der Waals surface area contributed by atoms with E-state index in [1.807, 2.05) is 12.1 Å². The minimum Gasteiger partial charge on any atom is -0.493 e. The zero-order valence-corrected chi connectivity index (χ0v) is 15.7. The first-order valence-corrected chi connectivity index (χ1v) is 8.37. The van der Waals surface area contributed by atoms with Crippen LogP contribution in [0.15, 0.2) is 42.5 Å². The van der Waals surface area contributed by atoms with Gasteiger partial charge in [0.15, 0.2) is 18.1 Å². The van der Waals surface area contributed by atoms with Crippen molar-refractivity contribution in [3.8, 4) is 34.6 Å². The summed E-state index contributed by atoms with van der Waals surface area (Å²) in [5, 5.41) is 9.33. The van der Waals surface area contributed by atoms with E-state index < -0.39 is 5.97 Å². The second-order valence-corrected chi connectivity index (χ2v) is 5.72. The summed E-state index contributed by atoms with van der Waals surface area (Å²) in [4.78, 5) is 17.1. The van der Waals surface area contributed by atoms with E-state index in [1.165, 1.54) is 21.3 Å². The van der Waals surface area contributed by atoms with Gasteiger partial charge in [-0.15, -0.1) is 0 Å². The number of pyridine rings is 1. The molecule has 7 heteroatoms. The minimum absolute atomic E-state index is 0.324. The first-order valence-electron chi connectivity index (χ1n) is 8.37. The molecular formula is C21H18N2O5. The Bertz CT molecular complexity index is 1050. The van der Waals surface area contributed by atoms with Crippen LogP contribution in [0, 0.1) is 11.3 Å². The second-order valence-electron chi connectivity index (χ2n) is 5.72. The number of benzene rings is 2. The third-order valence-electron chi connectivity index (χ3n) is 4.16. The molecule has 1 aromatic heterocycles. The Morgan fingerprint density at radius 1 is 1.04 bits per heavy atom. The molecule has 2 aromatic carbocycles. The van der Waals surface area contributed by atoms with Crippen LogP contribution in [0.5, 0.6) is 17.2 Å². The normalized spacial score (nSPS) is 10.2. The number of carbonyl (C=O) groups excluding carboxylic acids is 1. The van der Waals surface area contributed by atoms with Gasteiger partial charge in [0.2, 0.25) is 5.75 Å². The van der Waals surface area contributed by atoms with E-state index in [2.05, 4.69) is 4.98 Å². The fraction of sp³-hybridized carbons (Fsp3) is 0.190. The lowest BCUT2D eigenvalue weighted by Gasteiger charge is -2.15. The third kappa shape index (κ3) is 3.53. The highest BCUT2D eigenvalue weighted by Crippen LogP contribution is 2.41. The number of hydrogen-bond donors (Lipinski definition) is 0. The molecule has 0 unspecified atom stereocenters. The molecule has 1 heterocycles. The molecule has 0 bridgehead atoms. The predicted octanol–water partition coefficient (Wildman–Crippen LogP) is 3.61. The molecule has 0 aliphatic rings. The first-order chi connectivity index (χ1) is 13.6. The molecule has 3 rings (SSSR count). The number of ether oxygens (including phenoxy) is 4. The quantitative estimate of drug-likeness (QED) is 0.605. The molecule has 0 aliphatic heterocycles. The highest BCUT2D eigenvalue weighted by Gasteiger charge is 2.18.